The Labute approximate surface area is 143 Å². The van der Waals surface area contributed by atoms with E-state index in [0.29, 0.717) is 13.0 Å². The largest absolute Gasteiger partial charge is 0.350 e. The van der Waals surface area contributed by atoms with Crippen LogP contribution in [-0.4, -0.2) is 23.9 Å². The highest BCUT2D eigenvalue weighted by molar-refractivity contribution is 5.95. The number of anilines is 1. The Bertz CT molecular complexity index is 568. The van der Waals surface area contributed by atoms with Crippen molar-refractivity contribution < 1.29 is 9.59 Å². The van der Waals surface area contributed by atoms with Crippen LogP contribution in [0.15, 0.2) is 24.3 Å². The lowest BCUT2D eigenvalue weighted by Gasteiger charge is -2.22. The van der Waals surface area contributed by atoms with Crippen molar-refractivity contribution in [2.75, 3.05) is 11.4 Å². The van der Waals surface area contributed by atoms with Crippen LogP contribution in [0.2, 0.25) is 0 Å². The molecule has 3 rings (SSSR count). The van der Waals surface area contributed by atoms with Gasteiger partial charge in [0.25, 0.3) is 0 Å². The monoisotopic (exact) mass is 337 g/mol. The van der Waals surface area contributed by atoms with Crippen molar-refractivity contribution in [2.24, 2.45) is 5.73 Å². The number of carbonyl (C=O) groups is 2. The molecule has 0 atom stereocenters. The van der Waals surface area contributed by atoms with E-state index in [0.717, 1.165) is 49.9 Å². The number of benzene rings is 1. The second-order valence-electron chi connectivity index (χ2n) is 6.36. The van der Waals surface area contributed by atoms with Gasteiger partial charge in [-0.1, -0.05) is 25.0 Å². The van der Waals surface area contributed by atoms with E-state index in [1.165, 1.54) is 0 Å². The molecule has 1 saturated carbocycles. The van der Waals surface area contributed by atoms with E-state index in [-0.39, 0.29) is 24.2 Å². The lowest BCUT2D eigenvalue weighted by atomic mass is 9.98. The zero-order valence-electron chi connectivity index (χ0n) is 13.2. The summed E-state index contributed by atoms with van der Waals surface area (Å²) >= 11 is 0. The highest BCUT2D eigenvalue weighted by Gasteiger charge is 2.36. The molecule has 1 aromatic carbocycles. The second kappa shape index (κ2) is 7.32. The second-order valence-corrected chi connectivity index (χ2v) is 6.36. The van der Waals surface area contributed by atoms with Crippen LogP contribution >= 0.6 is 12.4 Å². The maximum Gasteiger partial charge on any atom is 0.240 e. The van der Waals surface area contributed by atoms with Gasteiger partial charge in [-0.15, -0.1) is 12.4 Å². The van der Waals surface area contributed by atoms with Crippen LogP contribution in [0.3, 0.4) is 0 Å². The van der Waals surface area contributed by atoms with Crippen LogP contribution in [-0.2, 0) is 16.1 Å². The van der Waals surface area contributed by atoms with E-state index in [4.69, 9.17) is 5.73 Å². The first-order chi connectivity index (χ1) is 10.6. The summed E-state index contributed by atoms with van der Waals surface area (Å²) in [6, 6.07) is 7.80. The fourth-order valence-electron chi connectivity index (χ4n) is 3.31. The molecule has 6 heteroatoms. The Morgan fingerprint density at radius 3 is 2.39 bits per heavy atom. The third-order valence-electron chi connectivity index (χ3n) is 4.72. The third-order valence-corrected chi connectivity index (χ3v) is 4.72. The van der Waals surface area contributed by atoms with E-state index in [1.54, 1.807) is 0 Å². The lowest BCUT2D eigenvalue weighted by molar-refractivity contribution is -0.126. The Morgan fingerprint density at radius 1 is 1.17 bits per heavy atom. The first-order valence-electron chi connectivity index (χ1n) is 8.05. The molecule has 1 aromatic rings. The van der Waals surface area contributed by atoms with Crippen molar-refractivity contribution in [3.63, 3.8) is 0 Å². The summed E-state index contributed by atoms with van der Waals surface area (Å²) in [5.74, 6) is 0.135. The summed E-state index contributed by atoms with van der Waals surface area (Å²) in [6.07, 6.45) is 5.17. The zero-order valence-corrected chi connectivity index (χ0v) is 14.0. The third kappa shape index (κ3) is 3.85. The van der Waals surface area contributed by atoms with Crippen molar-refractivity contribution in [2.45, 2.75) is 50.6 Å². The molecular formula is C17H24ClN3O2. The Kier molecular flexibility index (Phi) is 5.65. The van der Waals surface area contributed by atoms with Crippen molar-refractivity contribution in [1.82, 2.24) is 5.32 Å². The van der Waals surface area contributed by atoms with E-state index in [2.05, 4.69) is 5.32 Å². The number of hydrogen-bond acceptors (Lipinski definition) is 3. The van der Waals surface area contributed by atoms with E-state index >= 15 is 0 Å². The van der Waals surface area contributed by atoms with Crippen LogP contribution in [0, 0.1) is 0 Å². The molecule has 2 aliphatic rings. The summed E-state index contributed by atoms with van der Waals surface area (Å²) in [5, 5.41) is 2.93. The number of nitrogens with zero attached hydrogens (tertiary/aromatic N) is 1. The first-order valence-corrected chi connectivity index (χ1v) is 8.05. The minimum Gasteiger partial charge on any atom is -0.350 e. The summed E-state index contributed by atoms with van der Waals surface area (Å²) in [6.45, 7) is 1.27. The Hall–Kier alpha value is -1.59. The van der Waals surface area contributed by atoms with Gasteiger partial charge in [-0.3, -0.25) is 9.59 Å². The van der Waals surface area contributed by atoms with Crippen LogP contribution in [0.5, 0.6) is 0 Å². The fraction of sp³-hybridized carbons (Fsp3) is 0.529. The van der Waals surface area contributed by atoms with E-state index in [9.17, 15) is 9.59 Å². The number of nitrogens with two attached hydrogens (primary N) is 1. The molecule has 126 valence electrons. The van der Waals surface area contributed by atoms with Gasteiger partial charge in [-0.05, 0) is 37.0 Å². The maximum atomic E-state index is 12.2. The minimum absolute atomic E-state index is 0. The molecule has 0 radical (unpaired) electrons. The van der Waals surface area contributed by atoms with Crippen LogP contribution in [0.25, 0.3) is 0 Å². The Morgan fingerprint density at radius 2 is 1.83 bits per heavy atom. The van der Waals surface area contributed by atoms with Crippen molar-refractivity contribution in [1.29, 1.82) is 0 Å². The predicted octanol–water partition coefficient (Wildman–Crippen LogP) is 2.12. The summed E-state index contributed by atoms with van der Waals surface area (Å²) in [5.41, 5.74) is 7.41. The molecule has 3 N–H and O–H groups in total. The average Bonchev–Trinajstić information content (AvgIpc) is 3.15. The molecule has 1 aliphatic carbocycles. The molecule has 0 spiro atoms. The topological polar surface area (TPSA) is 75.4 Å². The standard InChI is InChI=1S/C17H23N3O2.ClH/c18-17(9-1-2-10-17)16(22)19-12-13-5-7-14(8-6-13)20-11-3-4-15(20)21;/h5-8H,1-4,9-12,18H2,(H,19,22);1H. The molecule has 0 bridgehead atoms. The quantitative estimate of drug-likeness (QED) is 0.883. The maximum absolute atomic E-state index is 12.2. The van der Waals surface area contributed by atoms with Crippen LogP contribution in [0.1, 0.15) is 44.1 Å². The fourth-order valence-corrected chi connectivity index (χ4v) is 3.31. The number of hydrogen-bond donors (Lipinski definition) is 2. The molecule has 1 aliphatic heterocycles. The highest BCUT2D eigenvalue weighted by atomic mass is 35.5. The lowest BCUT2D eigenvalue weighted by Crippen LogP contribution is -2.51. The van der Waals surface area contributed by atoms with Crippen LogP contribution in [0.4, 0.5) is 5.69 Å². The van der Waals surface area contributed by atoms with Gasteiger partial charge >= 0.3 is 0 Å². The molecule has 5 nitrogen and oxygen atoms in total. The minimum atomic E-state index is -0.679. The van der Waals surface area contributed by atoms with E-state index in [1.807, 2.05) is 29.2 Å². The molecule has 23 heavy (non-hydrogen) atoms. The van der Waals surface area contributed by atoms with Crippen molar-refractivity contribution in [3.05, 3.63) is 29.8 Å². The normalized spacial score (nSPS) is 19.5. The van der Waals surface area contributed by atoms with E-state index < -0.39 is 5.54 Å². The molecule has 1 saturated heterocycles. The highest BCUT2D eigenvalue weighted by Crippen LogP contribution is 2.27. The number of carbonyl (C=O) groups excluding carboxylic acids is 2. The molecule has 2 fully saturated rings. The first kappa shape index (κ1) is 17.8. The summed E-state index contributed by atoms with van der Waals surface area (Å²) in [4.78, 5) is 25.7. The van der Waals surface area contributed by atoms with Crippen molar-refractivity contribution in [3.8, 4) is 0 Å². The summed E-state index contributed by atoms with van der Waals surface area (Å²) < 4.78 is 0. The molecule has 0 aromatic heterocycles. The van der Waals surface area contributed by atoms with Gasteiger partial charge in [0.15, 0.2) is 0 Å². The molecule has 1 heterocycles. The number of rotatable bonds is 4. The van der Waals surface area contributed by atoms with Gasteiger partial charge in [0.1, 0.15) is 0 Å². The molecule has 2 amide bonds. The van der Waals surface area contributed by atoms with Gasteiger partial charge < -0.3 is 16.0 Å². The zero-order chi connectivity index (χ0) is 15.6. The molecular weight excluding hydrogens is 314 g/mol. The van der Waals surface area contributed by atoms with Gasteiger partial charge in [0.2, 0.25) is 11.8 Å². The predicted molar refractivity (Wildman–Crippen MR) is 92.5 cm³/mol. The van der Waals surface area contributed by atoms with Gasteiger partial charge in [-0.25, -0.2) is 0 Å². The van der Waals surface area contributed by atoms with Gasteiger partial charge in [0, 0.05) is 25.2 Å². The number of amides is 2. The van der Waals surface area contributed by atoms with Crippen LogP contribution < -0.4 is 16.0 Å². The van der Waals surface area contributed by atoms with Gasteiger partial charge in [-0.2, -0.15) is 0 Å². The smallest absolute Gasteiger partial charge is 0.240 e. The number of halogens is 1. The average molecular weight is 338 g/mol. The number of nitrogens with one attached hydrogen (secondary N) is 1. The molecule has 0 unspecified atom stereocenters. The Balaban J connectivity index is 0.00000192. The SMILES string of the molecule is Cl.NC1(C(=O)NCc2ccc(N3CCCC3=O)cc2)CCCC1. The summed E-state index contributed by atoms with van der Waals surface area (Å²) in [7, 11) is 0. The van der Waals surface area contributed by atoms with Gasteiger partial charge in [0.05, 0.1) is 5.54 Å². The van der Waals surface area contributed by atoms with Crippen molar-refractivity contribution >= 4 is 29.9 Å².